The normalized spacial score (nSPS) is 24.1. The Bertz CT molecular complexity index is 3260. The summed E-state index contributed by atoms with van der Waals surface area (Å²) in [5.74, 6) is -7.47. The fourth-order valence-electron chi connectivity index (χ4n) is 9.74. The van der Waals surface area contributed by atoms with E-state index in [4.69, 9.17) is 52.4 Å². The molecule has 8 amide bonds. The Kier molecular flexibility index (Phi) is 28.4. The molecule has 95 heavy (non-hydrogen) atoms. The highest BCUT2D eigenvalue weighted by atomic mass is 32.2. The average Bonchev–Trinajstić information content (AvgIpc) is 1.32. The lowest BCUT2D eigenvalue weighted by Gasteiger charge is -2.46. The number of hydrogen-bond donors (Lipinski definition) is 19. The van der Waals surface area contributed by atoms with Crippen LogP contribution in [-0.4, -0.2) is 255 Å². The molecule has 6 heterocycles. The van der Waals surface area contributed by atoms with Crippen molar-refractivity contribution in [1.29, 1.82) is 0 Å². The fraction of sp³-hybridized carbons (Fsp3) is 0.618. The van der Waals surface area contributed by atoms with Gasteiger partial charge in [-0.1, -0.05) is 6.92 Å². The molecule has 24 N–H and O–H groups in total. The molecule has 526 valence electrons. The zero-order valence-corrected chi connectivity index (χ0v) is 55.2. The van der Waals surface area contributed by atoms with E-state index in [2.05, 4.69) is 74.3 Å². The highest BCUT2D eigenvalue weighted by Gasteiger charge is 2.53. The Labute approximate surface area is 554 Å². The van der Waals surface area contributed by atoms with Crippen molar-refractivity contribution in [3.63, 3.8) is 0 Å². The number of ether oxygens (including phenoxy) is 5. The van der Waals surface area contributed by atoms with E-state index < -0.39 is 176 Å². The number of nitrogens with one attached hydrogen (secondary N) is 7. The number of anilines is 1. The molecule has 2 aliphatic rings. The van der Waals surface area contributed by atoms with Crippen molar-refractivity contribution in [2.75, 3.05) is 50.2 Å². The maximum absolute atomic E-state index is 15.2. The van der Waals surface area contributed by atoms with Gasteiger partial charge in [-0.05, 0) is 38.6 Å². The van der Waals surface area contributed by atoms with Crippen LogP contribution in [0.2, 0.25) is 0 Å². The molecule has 0 unspecified atom stereocenters. The van der Waals surface area contributed by atoms with Crippen LogP contribution in [0.25, 0.3) is 10.7 Å². The number of thiazole rings is 2. The van der Waals surface area contributed by atoms with Gasteiger partial charge >= 0.3 is 6.09 Å². The minimum atomic E-state index is -2.13. The number of aliphatic hydroxyl groups excluding tert-OH is 7. The number of primary amides is 3. The molecule has 4 aromatic heterocycles. The maximum Gasteiger partial charge on any atom is 0.404 e. The molecule has 4 aromatic rings. The summed E-state index contributed by atoms with van der Waals surface area (Å²) < 4.78 is 29.0. The molecule has 0 aliphatic carbocycles. The SMILES string of the molecule is Cc1c(N)nc([C@H](CC(N)=O)NC[C@H](N)C(N)=O)nc1C(=O)N[C@H](C(=O)N[C@H](C)[C@@H](O)[C@H](C)C(=O)N[C@H](C(=O)NCCc1nc(-c2nc(C(=O)NCCC[S+](C)C)cs2)cs1)[C@@H](C)O)[C@@H](O[C@@H]1O[C@@H](C)[C@@H](O)[C@H](O)[C@@H]1O[C@H]1O[C@H](CO)[C@@H](O)[C@H](OC(N)=O)[C@@H]1O)c1cnc[nH]1. The molecular formula is C55H84N17O20S3+. The van der Waals surface area contributed by atoms with Crippen molar-refractivity contribution < 1.29 is 97.8 Å². The molecule has 6 rings (SSSR count). The van der Waals surface area contributed by atoms with E-state index in [-0.39, 0.29) is 64.9 Å². The van der Waals surface area contributed by atoms with E-state index in [1.165, 1.54) is 57.3 Å². The number of carbonyl (C=O) groups is 8. The highest BCUT2D eigenvalue weighted by Crippen LogP contribution is 2.35. The lowest BCUT2D eigenvalue weighted by Crippen LogP contribution is -2.65. The van der Waals surface area contributed by atoms with Crippen LogP contribution in [0.15, 0.2) is 23.3 Å². The molecule has 37 nitrogen and oxygen atoms in total. The average molecular weight is 1400 g/mol. The summed E-state index contributed by atoms with van der Waals surface area (Å²) in [6, 6.07) is -7.70. The van der Waals surface area contributed by atoms with E-state index in [0.717, 1.165) is 24.7 Å². The summed E-state index contributed by atoms with van der Waals surface area (Å²) in [4.78, 5) is 131. The third-order valence-electron chi connectivity index (χ3n) is 15.2. The van der Waals surface area contributed by atoms with Gasteiger partial charge in [-0.3, -0.25) is 33.6 Å². The number of nitrogens with two attached hydrogens (primary N) is 5. The van der Waals surface area contributed by atoms with Crippen LogP contribution >= 0.6 is 22.7 Å². The number of rotatable bonds is 34. The van der Waals surface area contributed by atoms with Gasteiger partial charge in [0.2, 0.25) is 29.5 Å². The van der Waals surface area contributed by atoms with Gasteiger partial charge in [0, 0.05) is 55.2 Å². The van der Waals surface area contributed by atoms with E-state index >= 15 is 4.79 Å². The van der Waals surface area contributed by atoms with Gasteiger partial charge in [0.15, 0.2) is 18.7 Å². The Hall–Kier alpha value is -7.26. The second kappa shape index (κ2) is 35.1. The van der Waals surface area contributed by atoms with Gasteiger partial charge in [-0.2, -0.15) is 0 Å². The lowest BCUT2D eigenvalue weighted by molar-refractivity contribution is -0.369. The number of aromatic nitrogens is 6. The van der Waals surface area contributed by atoms with E-state index in [0.29, 0.717) is 22.3 Å². The number of aromatic amines is 1. The van der Waals surface area contributed by atoms with Crippen molar-refractivity contribution in [3.05, 3.63) is 56.8 Å². The fourth-order valence-corrected chi connectivity index (χ4v) is 12.1. The molecule has 2 aliphatic heterocycles. The summed E-state index contributed by atoms with van der Waals surface area (Å²) in [5, 5.41) is 97.9. The first-order valence-corrected chi connectivity index (χ1v) is 33.7. The number of amides is 8. The molecule has 40 heteroatoms. The lowest BCUT2D eigenvalue weighted by atomic mass is 9.96. The topological polar surface area (TPSA) is 607 Å². The number of nitrogen functional groups attached to an aromatic ring is 1. The monoisotopic (exact) mass is 1400 g/mol. The molecule has 0 radical (unpaired) electrons. The third kappa shape index (κ3) is 20.6. The van der Waals surface area contributed by atoms with Crippen molar-refractivity contribution in [2.24, 2.45) is 28.9 Å². The van der Waals surface area contributed by atoms with Crippen LogP contribution < -0.4 is 60.6 Å². The summed E-state index contributed by atoms with van der Waals surface area (Å²) in [6.45, 7) is 5.64. The van der Waals surface area contributed by atoms with Gasteiger partial charge < -0.3 is 125 Å². The molecule has 2 fully saturated rings. The smallest absolute Gasteiger partial charge is 0.404 e. The second-order valence-corrected chi connectivity index (χ2v) is 27.0. The summed E-state index contributed by atoms with van der Waals surface area (Å²) in [7, 11) is 0.258. The molecule has 0 spiro atoms. The Morgan fingerprint density at radius 3 is 2.16 bits per heavy atom. The van der Waals surface area contributed by atoms with Crippen LogP contribution in [-0.2, 0) is 65.0 Å². The van der Waals surface area contributed by atoms with Crippen LogP contribution in [0.3, 0.4) is 0 Å². The largest absolute Gasteiger partial charge is 0.441 e. The van der Waals surface area contributed by atoms with Crippen LogP contribution in [0, 0.1) is 12.8 Å². The number of nitrogens with zero attached hydrogens (tertiary/aromatic N) is 5. The summed E-state index contributed by atoms with van der Waals surface area (Å²) in [5.41, 5.74) is 28.2. The third-order valence-corrected chi connectivity index (χ3v) is 18.1. The van der Waals surface area contributed by atoms with Gasteiger partial charge in [-0.25, -0.2) is 29.7 Å². The van der Waals surface area contributed by atoms with Crippen molar-refractivity contribution in [3.8, 4) is 10.7 Å². The van der Waals surface area contributed by atoms with Gasteiger partial charge in [0.1, 0.15) is 94.3 Å². The minimum absolute atomic E-state index is 0.00594. The summed E-state index contributed by atoms with van der Waals surface area (Å²) in [6.07, 6.45) is -18.4. The first-order valence-electron chi connectivity index (χ1n) is 29.7. The first kappa shape index (κ1) is 76.8. The molecule has 2 saturated heterocycles. The first-order chi connectivity index (χ1) is 44.8. The molecule has 19 atom stereocenters. The van der Waals surface area contributed by atoms with Crippen molar-refractivity contribution >= 4 is 86.8 Å². The number of H-pyrrole nitrogens is 1. The summed E-state index contributed by atoms with van der Waals surface area (Å²) >= 11 is 2.54. The Balaban J connectivity index is 1.25. The Morgan fingerprint density at radius 2 is 1.53 bits per heavy atom. The predicted molar refractivity (Wildman–Crippen MR) is 337 cm³/mol. The van der Waals surface area contributed by atoms with Crippen LogP contribution in [0.4, 0.5) is 10.6 Å². The minimum Gasteiger partial charge on any atom is -0.441 e. The van der Waals surface area contributed by atoms with Gasteiger partial charge in [0.05, 0.1) is 84.7 Å². The quantitative estimate of drug-likeness (QED) is 0.0153. The number of aliphatic hydroxyl groups is 7. The number of imidazole rings is 1. The van der Waals surface area contributed by atoms with Gasteiger partial charge in [-0.15, -0.1) is 22.7 Å². The van der Waals surface area contributed by atoms with Crippen LogP contribution in [0.1, 0.15) is 95.7 Å². The predicted octanol–water partition coefficient (Wildman–Crippen LogP) is -6.68. The van der Waals surface area contributed by atoms with Crippen LogP contribution in [0.5, 0.6) is 0 Å². The van der Waals surface area contributed by atoms with E-state index in [1.807, 2.05) is 0 Å². The molecule has 0 bridgehead atoms. The Morgan fingerprint density at radius 1 is 0.811 bits per heavy atom. The van der Waals surface area contributed by atoms with Gasteiger partial charge in [0.25, 0.3) is 11.8 Å². The number of carbonyl (C=O) groups excluding carboxylic acids is 8. The zero-order chi connectivity index (χ0) is 70.3. The standard InChI is InChI=1S/C55H83N17O20S3/c1-20-33(69-46(72-44(20)58)26(13-31(57)75)64-14-25(56)45(59)81)50(85)71-35(41(27-15-61-19-65-27)90-54-43(39(79)37(77)24(5)88-54)91-53-40(80)42(92-55(60)87)38(78)30(16-73)89-53)51(86)66-22(3)36(76)21(2)47(82)70-34(23(4)74)49(84)63-11-9-32-67-29(18-93-32)52-68-28(17-94-52)48(83)62-10-8-12-95(6)7/h15,17-19,21-26,30,34-43,53-54,64,73-74,76-80H,8-14,16,56H2,1-7H3,(H13-,57,58,59,60,61,62,63,65,66,69,70,71,72,75,81,82,83,84,85,86,87)/p+1/t21-,22+,23+,24-,25-,26-,30+,34-,35-,36-,37+,38+,39-,40-,41-,42-,43-,53+,54-/m0/s1. The van der Waals surface area contributed by atoms with Crippen molar-refractivity contribution in [2.45, 2.75) is 164 Å². The maximum atomic E-state index is 15.2. The second-order valence-electron chi connectivity index (χ2n) is 22.8. The van der Waals surface area contributed by atoms with E-state index in [9.17, 15) is 69.3 Å². The van der Waals surface area contributed by atoms with Crippen molar-refractivity contribution in [1.82, 2.24) is 61.8 Å². The molecular weight excluding hydrogens is 1310 g/mol. The van der Waals surface area contributed by atoms with E-state index in [1.54, 1.807) is 10.8 Å². The highest BCUT2D eigenvalue weighted by molar-refractivity contribution is 7.95. The zero-order valence-electron chi connectivity index (χ0n) is 52.7. The number of hydrogen-bond acceptors (Lipinski definition) is 30. The molecule has 0 saturated carbocycles. The molecule has 0 aromatic carbocycles.